The van der Waals surface area contributed by atoms with Crippen molar-refractivity contribution in [3.8, 4) is 11.1 Å². The lowest BCUT2D eigenvalue weighted by Gasteiger charge is -2.06. The number of hydrogen-bond acceptors (Lipinski definition) is 2. The fourth-order valence-corrected chi connectivity index (χ4v) is 3.07. The molecule has 1 amide bonds. The van der Waals surface area contributed by atoms with E-state index in [2.05, 4.69) is 57.4 Å². The Kier molecular flexibility index (Phi) is 5.60. The minimum atomic E-state index is -0.203. The third kappa shape index (κ3) is 4.33. The van der Waals surface area contributed by atoms with Crippen LogP contribution in [0, 0.1) is 3.57 Å². The largest absolute Gasteiger partial charge is 0.272 e. The summed E-state index contributed by atoms with van der Waals surface area (Å²) in [7, 11) is 0. The Bertz CT molecular complexity index is 903. The molecule has 0 aliphatic rings. The first-order valence-corrected chi connectivity index (χ1v) is 8.98. The summed E-state index contributed by atoms with van der Waals surface area (Å²) in [5, 5.41) is 4.23. The van der Waals surface area contributed by atoms with Crippen LogP contribution in [0.5, 0.6) is 0 Å². The molecule has 0 heterocycles. The average molecular weight is 440 g/mol. The van der Waals surface area contributed by atoms with E-state index in [0.29, 0.717) is 5.56 Å². The zero-order chi connectivity index (χ0) is 17.6. The number of nitrogens with one attached hydrogen (secondary N) is 1. The molecule has 0 aromatic heterocycles. The molecule has 3 rings (SSSR count). The van der Waals surface area contributed by atoms with E-state index in [4.69, 9.17) is 0 Å². The lowest BCUT2D eigenvalue weighted by atomic mass is 10.0. The van der Waals surface area contributed by atoms with Crippen LogP contribution in [-0.2, 0) is 0 Å². The first kappa shape index (κ1) is 17.4. The van der Waals surface area contributed by atoms with Gasteiger partial charge in [0, 0.05) is 3.57 Å². The van der Waals surface area contributed by atoms with Crippen molar-refractivity contribution in [2.24, 2.45) is 5.10 Å². The van der Waals surface area contributed by atoms with Crippen molar-refractivity contribution in [1.82, 2.24) is 5.43 Å². The van der Waals surface area contributed by atoms with Crippen molar-refractivity contribution in [2.75, 3.05) is 0 Å². The number of benzene rings is 3. The first-order valence-electron chi connectivity index (χ1n) is 7.90. The normalized spacial score (nSPS) is 11.2. The summed E-state index contributed by atoms with van der Waals surface area (Å²) in [5.74, 6) is -0.203. The molecule has 25 heavy (non-hydrogen) atoms. The van der Waals surface area contributed by atoms with Crippen LogP contribution in [0.3, 0.4) is 0 Å². The molecule has 0 bridgehead atoms. The highest BCUT2D eigenvalue weighted by Crippen LogP contribution is 2.19. The molecular weight excluding hydrogens is 423 g/mol. The van der Waals surface area contributed by atoms with Gasteiger partial charge in [0.2, 0.25) is 0 Å². The monoisotopic (exact) mass is 440 g/mol. The Morgan fingerprint density at radius 1 is 0.840 bits per heavy atom. The molecule has 124 valence electrons. The van der Waals surface area contributed by atoms with Gasteiger partial charge < -0.3 is 0 Å². The van der Waals surface area contributed by atoms with Crippen LogP contribution in [0.4, 0.5) is 0 Å². The van der Waals surface area contributed by atoms with Gasteiger partial charge in [-0.05, 0) is 58.3 Å². The molecule has 0 radical (unpaired) electrons. The van der Waals surface area contributed by atoms with Crippen molar-refractivity contribution >= 4 is 34.2 Å². The van der Waals surface area contributed by atoms with Crippen molar-refractivity contribution in [3.05, 3.63) is 93.6 Å². The molecule has 3 nitrogen and oxygen atoms in total. The maximum Gasteiger partial charge on any atom is 0.272 e. The predicted molar refractivity (Wildman–Crippen MR) is 111 cm³/mol. The number of hydrogen-bond donors (Lipinski definition) is 1. The maximum absolute atomic E-state index is 12.2. The number of hydrazone groups is 1. The van der Waals surface area contributed by atoms with Crippen molar-refractivity contribution < 1.29 is 4.79 Å². The SMILES string of the molecule is C/C(=N\NC(=O)c1ccccc1I)c1ccc(-c2ccccc2)cc1. The fraction of sp³-hybridized carbons (Fsp3) is 0.0476. The Hall–Kier alpha value is -2.47. The molecule has 0 aliphatic heterocycles. The number of rotatable bonds is 4. The summed E-state index contributed by atoms with van der Waals surface area (Å²) in [5.41, 5.74) is 7.32. The highest BCUT2D eigenvalue weighted by atomic mass is 127. The van der Waals surface area contributed by atoms with Crippen molar-refractivity contribution in [1.29, 1.82) is 0 Å². The standard InChI is InChI=1S/C21H17IN2O/c1-15(23-24-21(25)19-9-5-6-10-20(19)22)16-11-13-18(14-12-16)17-7-3-2-4-8-17/h2-14H,1H3,(H,24,25)/b23-15+. The summed E-state index contributed by atoms with van der Waals surface area (Å²) in [6.45, 7) is 1.88. The van der Waals surface area contributed by atoms with Crippen molar-refractivity contribution in [2.45, 2.75) is 6.92 Å². The topological polar surface area (TPSA) is 41.5 Å². The third-order valence-corrected chi connectivity index (χ3v) is 4.79. The van der Waals surface area contributed by atoms with Gasteiger partial charge >= 0.3 is 0 Å². The number of carbonyl (C=O) groups excluding carboxylic acids is 1. The van der Waals surface area contributed by atoms with E-state index >= 15 is 0 Å². The van der Waals surface area contributed by atoms with Crippen LogP contribution in [0.1, 0.15) is 22.8 Å². The van der Waals surface area contributed by atoms with E-state index in [1.807, 2.05) is 55.5 Å². The van der Waals surface area contributed by atoms with E-state index in [9.17, 15) is 4.79 Å². The van der Waals surface area contributed by atoms with E-state index in [1.165, 1.54) is 5.56 Å². The Morgan fingerprint density at radius 3 is 2.12 bits per heavy atom. The van der Waals surface area contributed by atoms with Crippen LogP contribution in [0.15, 0.2) is 84.0 Å². The smallest absolute Gasteiger partial charge is 0.267 e. The van der Waals surface area contributed by atoms with E-state index in [1.54, 1.807) is 6.07 Å². The zero-order valence-corrected chi connectivity index (χ0v) is 15.9. The molecule has 3 aromatic carbocycles. The van der Waals surface area contributed by atoms with Crippen LogP contribution >= 0.6 is 22.6 Å². The van der Waals surface area contributed by atoms with Gasteiger partial charge in [0.1, 0.15) is 0 Å². The van der Waals surface area contributed by atoms with Gasteiger partial charge in [0.25, 0.3) is 5.91 Å². The molecule has 0 atom stereocenters. The van der Waals surface area contributed by atoms with Crippen LogP contribution in [0.25, 0.3) is 11.1 Å². The molecule has 0 saturated carbocycles. The molecule has 0 unspecified atom stereocenters. The molecule has 0 aliphatic carbocycles. The maximum atomic E-state index is 12.2. The van der Waals surface area contributed by atoms with Gasteiger partial charge in [-0.2, -0.15) is 5.10 Å². The highest BCUT2D eigenvalue weighted by Gasteiger charge is 2.08. The summed E-state index contributed by atoms with van der Waals surface area (Å²) in [6.07, 6.45) is 0. The summed E-state index contributed by atoms with van der Waals surface area (Å²) in [4.78, 5) is 12.2. The molecule has 0 spiro atoms. The van der Waals surface area contributed by atoms with E-state index < -0.39 is 0 Å². The number of amides is 1. The molecule has 3 aromatic rings. The molecule has 0 fully saturated rings. The minimum absolute atomic E-state index is 0.203. The summed E-state index contributed by atoms with van der Waals surface area (Å²) >= 11 is 2.14. The second kappa shape index (κ2) is 8.07. The Morgan fingerprint density at radius 2 is 1.44 bits per heavy atom. The second-order valence-electron chi connectivity index (χ2n) is 5.56. The minimum Gasteiger partial charge on any atom is -0.267 e. The molecule has 0 saturated heterocycles. The van der Waals surface area contributed by atoms with E-state index in [-0.39, 0.29) is 5.91 Å². The number of nitrogens with zero attached hydrogens (tertiary/aromatic N) is 1. The van der Waals surface area contributed by atoms with Gasteiger partial charge in [-0.25, -0.2) is 5.43 Å². The van der Waals surface area contributed by atoms with Gasteiger partial charge in [-0.15, -0.1) is 0 Å². The van der Waals surface area contributed by atoms with Gasteiger partial charge in [0.15, 0.2) is 0 Å². The average Bonchev–Trinajstić information content (AvgIpc) is 2.67. The Balaban J connectivity index is 1.72. The lowest BCUT2D eigenvalue weighted by Crippen LogP contribution is -2.20. The second-order valence-corrected chi connectivity index (χ2v) is 6.72. The highest BCUT2D eigenvalue weighted by molar-refractivity contribution is 14.1. The predicted octanol–water partition coefficient (Wildman–Crippen LogP) is 5.11. The first-order chi connectivity index (χ1) is 12.1. The van der Waals surface area contributed by atoms with Gasteiger partial charge in [0.05, 0.1) is 11.3 Å². The van der Waals surface area contributed by atoms with Crippen LogP contribution in [0.2, 0.25) is 0 Å². The quantitative estimate of drug-likeness (QED) is 0.342. The summed E-state index contributed by atoms with van der Waals surface area (Å²) < 4.78 is 0.901. The Labute approximate surface area is 160 Å². The number of carbonyl (C=O) groups is 1. The molecule has 1 N–H and O–H groups in total. The molecule has 4 heteroatoms. The molecular formula is C21H17IN2O. The summed E-state index contributed by atoms with van der Waals surface area (Å²) in [6, 6.07) is 25.8. The lowest BCUT2D eigenvalue weighted by molar-refractivity contribution is 0.0954. The number of halogens is 1. The van der Waals surface area contributed by atoms with Gasteiger partial charge in [-0.1, -0.05) is 66.7 Å². The van der Waals surface area contributed by atoms with Crippen LogP contribution in [-0.4, -0.2) is 11.6 Å². The fourth-order valence-electron chi connectivity index (χ4n) is 2.44. The van der Waals surface area contributed by atoms with E-state index in [0.717, 1.165) is 20.4 Å². The third-order valence-electron chi connectivity index (χ3n) is 3.85. The van der Waals surface area contributed by atoms with Crippen LogP contribution < -0.4 is 5.43 Å². The van der Waals surface area contributed by atoms with Gasteiger partial charge in [-0.3, -0.25) is 4.79 Å². The van der Waals surface area contributed by atoms with Crippen molar-refractivity contribution in [3.63, 3.8) is 0 Å². The zero-order valence-electron chi connectivity index (χ0n) is 13.7.